The molecule has 0 fully saturated rings. The van der Waals surface area contributed by atoms with Gasteiger partial charge in [-0.2, -0.15) is 0 Å². The summed E-state index contributed by atoms with van der Waals surface area (Å²) in [6, 6.07) is 74.7. The van der Waals surface area contributed by atoms with Crippen LogP contribution in [0.1, 0.15) is 0 Å². The van der Waals surface area contributed by atoms with Crippen molar-refractivity contribution >= 4 is 60.4 Å². The van der Waals surface area contributed by atoms with Crippen molar-refractivity contribution in [2.24, 2.45) is 0 Å². The van der Waals surface area contributed by atoms with Crippen molar-refractivity contribution in [3.63, 3.8) is 0 Å². The van der Waals surface area contributed by atoms with Crippen LogP contribution in [0.25, 0.3) is 71.3 Å². The maximum atomic E-state index is 2.45. The van der Waals surface area contributed by atoms with E-state index in [2.05, 4.69) is 216 Å². The minimum Gasteiger partial charge on any atom is -0.310 e. The minimum absolute atomic E-state index is 1.10. The number of para-hydroxylation sites is 2. The Morgan fingerprint density at radius 2 is 0.942 bits per heavy atom. The quantitative estimate of drug-likeness (QED) is 0.172. The summed E-state index contributed by atoms with van der Waals surface area (Å²) < 4.78 is 2.45. The first-order valence-electron chi connectivity index (χ1n) is 17.9. The third-order valence-electron chi connectivity index (χ3n) is 10.4. The molecular formula is C50H34N2. The highest BCUT2D eigenvalue weighted by atomic mass is 15.1. The Morgan fingerprint density at radius 1 is 0.346 bits per heavy atom. The van der Waals surface area contributed by atoms with Crippen LogP contribution in [-0.2, 0) is 0 Å². The van der Waals surface area contributed by atoms with Crippen molar-refractivity contribution < 1.29 is 0 Å². The van der Waals surface area contributed by atoms with Crippen LogP contribution in [0.15, 0.2) is 206 Å². The molecule has 0 unspecified atom stereocenters. The fourth-order valence-corrected chi connectivity index (χ4v) is 7.98. The molecule has 0 aliphatic heterocycles. The number of nitrogens with zero attached hydrogens (tertiary/aromatic N) is 2. The summed E-state index contributed by atoms with van der Waals surface area (Å²) in [6.07, 6.45) is 0. The van der Waals surface area contributed by atoms with Gasteiger partial charge in [0.15, 0.2) is 0 Å². The standard InChI is InChI=1S/C50H34N2/c1-2-14-35(15-3-1)37-28-31-40(32-29-37)51(41-33-30-36-16-4-5-18-39(36)34-41)47-24-10-8-21-43(47)44-23-13-27-49-50(44)45-22-9-11-25-48(45)52(49)46-26-12-19-38-17-6-7-20-42(38)46/h1-34H. The van der Waals surface area contributed by atoms with Crippen molar-refractivity contribution in [3.8, 4) is 27.9 Å². The van der Waals surface area contributed by atoms with Crippen LogP contribution in [0.3, 0.4) is 0 Å². The molecule has 2 heteroatoms. The maximum absolute atomic E-state index is 2.45. The fourth-order valence-electron chi connectivity index (χ4n) is 7.98. The van der Waals surface area contributed by atoms with Gasteiger partial charge in [-0.05, 0) is 81.4 Å². The van der Waals surface area contributed by atoms with E-state index in [4.69, 9.17) is 0 Å². The molecule has 244 valence electrons. The summed E-state index contributed by atoms with van der Waals surface area (Å²) in [6.45, 7) is 0. The molecule has 1 aromatic heterocycles. The van der Waals surface area contributed by atoms with E-state index in [1.165, 1.54) is 71.3 Å². The van der Waals surface area contributed by atoms with E-state index in [1.54, 1.807) is 0 Å². The lowest BCUT2D eigenvalue weighted by Gasteiger charge is -2.28. The molecule has 0 bridgehead atoms. The molecule has 10 rings (SSSR count). The molecule has 0 spiro atoms. The highest BCUT2D eigenvalue weighted by Gasteiger charge is 2.22. The van der Waals surface area contributed by atoms with Gasteiger partial charge in [-0.3, -0.25) is 0 Å². The average molecular weight is 663 g/mol. The number of hydrogen-bond acceptors (Lipinski definition) is 1. The number of anilines is 3. The van der Waals surface area contributed by atoms with Crippen LogP contribution < -0.4 is 4.90 Å². The highest BCUT2D eigenvalue weighted by Crippen LogP contribution is 2.46. The van der Waals surface area contributed by atoms with Gasteiger partial charge in [-0.25, -0.2) is 0 Å². The second kappa shape index (κ2) is 12.5. The Labute approximate surface area is 303 Å². The SMILES string of the molecule is c1ccc(-c2ccc(N(c3ccc4ccccc4c3)c3ccccc3-c3cccc4c3c3ccccc3n4-c3cccc4ccccc34)cc2)cc1. The summed E-state index contributed by atoms with van der Waals surface area (Å²) in [5, 5.41) is 7.39. The van der Waals surface area contributed by atoms with Gasteiger partial charge in [0.2, 0.25) is 0 Å². The van der Waals surface area contributed by atoms with Gasteiger partial charge in [0.05, 0.1) is 22.4 Å². The molecule has 52 heavy (non-hydrogen) atoms. The second-order valence-corrected chi connectivity index (χ2v) is 13.3. The van der Waals surface area contributed by atoms with Crippen molar-refractivity contribution in [1.82, 2.24) is 4.57 Å². The van der Waals surface area contributed by atoms with Gasteiger partial charge >= 0.3 is 0 Å². The van der Waals surface area contributed by atoms with E-state index >= 15 is 0 Å². The van der Waals surface area contributed by atoms with Crippen LogP contribution in [0, 0.1) is 0 Å². The number of rotatable bonds is 6. The first-order valence-corrected chi connectivity index (χ1v) is 17.9. The average Bonchev–Trinajstić information content (AvgIpc) is 3.56. The zero-order valence-corrected chi connectivity index (χ0v) is 28.5. The van der Waals surface area contributed by atoms with E-state index < -0.39 is 0 Å². The molecule has 0 amide bonds. The molecule has 0 saturated heterocycles. The zero-order valence-electron chi connectivity index (χ0n) is 28.5. The first kappa shape index (κ1) is 30.0. The summed E-state index contributed by atoms with van der Waals surface area (Å²) in [7, 11) is 0. The molecule has 1 heterocycles. The summed E-state index contributed by atoms with van der Waals surface area (Å²) in [5.41, 5.74) is 11.7. The molecule has 0 radical (unpaired) electrons. The smallest absolute Gasteiger partial charge is 0.0547 e. The fraction of sp³-hybridized carbons (Fsp3) is 0. The van der Waals surface area contributed by atoms with E-state index in [-0.39, 0.29) is 0 Å². The topological polar surface area (TPSA) is 8.17 Å². The lowest BCUT2D eigenvalue weighted by atomic mass is 9.96. The van der Waals surface area contributed by atoms with Crippen LogP contribution in [0.5, 0.6) is 0 Å². The normalized spacial score (nSPS) is 11.5. The van der Waals surface area contributed by atoms with Crippen molar-refractivity contribution in [2.75, 3.05) is 4.90 Å². The van der Waals surface area contributed by atoms with Crippen LogP contribution in [0.2, 0.25) is 0 Å². The van der Waals surface area contributed by atoms with E-state index in [9.17, 15) is 0 Å². The van der Waals surface area contributed by atoms with Gasteiger partial charge < -0.3 is 9.47 Å². The van der Waals surface area contributed by atoms with E-state index in [0.717, 1.165) is 17.1 Å². The third-order valence-corrected chi connectivity index (χ3v) is 10.4. The van der Waals surface area contributed by atoms with Crippen molar-refractivity contribution in [3.05, 3.63) is 206 Å². The predicted molar refractivity (Wildman–Crippen MR) is 221 cm³/mol. The van der Waals surface area contributed by atoms with Crippen LogP contribution in [-0.4, -0.2) is 4.57 Å². The Balaban J connectivity index is 1.22. The number of fused-ring (bicyclic) bond motifs is 5. The summed E-state index contributed by atoms with van der Waals surface area (Å²) >= 11 is 0. The Kier molecular flexibility index (Phi) is 7.18. The molecule has 2 nitrogen and oxygen atoms in total. The lowest BCUT2D eigenvalue weighted by molar-refractivity contribution is 1.20. The van der Waals surface area contributed by atoms with Gasteiger partial charge in [0, 0.05) is 33.1 Å². The van der Waals surface area contributed by atoms with Gasteiger partial charge in [-0.1, -0.05) is 158 Å². The largest absolute Gasteiger partial charge is 0.310 e. The van der Waals surface area contributed by atoms with Crippen LogP contribution >= 0.6 is 0 Å². The van der Waals surface area contributed by atoms with E-state index in [1.807, 2.05) is 0 Å². The number of benzene rings is 9. The third kappa shape index (κ3) is 4.96. The highest BCUT2D eigenvalue weighted by molar-refractivity contribution is 6.17. The summed E-state index contributed by atoms with van der Waals surface area (Å²) in [5.74, 6) is 0. The number of aromatic nitrogens is 1. The molecule has 10 aromatic rings. The van der Waals surface area contributed by atoms with Crippen molar-refractivity contribution in [2.45, 2.75) is 0 Å². The Morgan fingerprint density at radius 3 is 1.81 bits per heavy atom. The monoisotopic (exact) mass is 662 g/mol. The van der Waals surface area contributed by atoms with Gasteiger partial charge in [0.1, 0.15) is 0 Å². The maximum Gasteiger partial charge on any atom is 0.0547 e. The molecule has 0 saturated carbocycles. The molecular weight excluding hydrogens is 629 g/mol. The Bertz CT molecular complexity index is 2900. The molecule has 0 aliphatic rings. The van der Waals surface area contributed by atoms with Crippen LogP contribution in [0.4, 0.5) is 17.1 Å². The number of hydrogen-bond donors (Lipinski definition) is 0. The molecule has 0 atom stereocenters. The zero-order chi connectivity index (χ0) is 34.4. The second-order valence-electron chi connectivity index (χ2n) is 13.3. The lowest BCUT2D eigenvalue weighted by Crippen LogP contribution is -2.11. The first-order chi connectivity index (χ1) is 25.8. The summed E-state index contributed by atoms with van der Waals surface area (Å²) in [4.78, 5) is 2.42. The molecule has 0 aliphatic carbocycles. The van der Waals surface area contributed by atoms with Crippen molar-refractivity contribution in [1.29, 1.82) is 0 Å². The Hall–Kier alpha value is -6.90. The predicted octanol–water partition coefficient (Wildman–Crippen LogP) is 13.9. The molecule has 9 aromatic carbocycles. The van der Waals surface area contributed by atoms with Gasteiger partial charge in [0.25, 0.3) is 0 Å². The minimum atomic E-state index is 1.10. The molecule has 0 N–H and O–H groups in total. The van der Waals surface area contributed by atoms with Gasteiger partial charge in [-0.15, -0.1) is 0 Å². The van der Waals surface area contributed by atoms with E-state index in [0.29, 0.717) is 0 Å².